The summed E-state index contributed by atoms with van der Waals surface area (Å²) in [6, 6.07) is 3.01. The highest BCUT2D eigenvalue weighted by Gasteiger charge is 2.30. The topological polar surface area (TPSA) is 63.4 Å². The van der Waals surface area contributed by atoms with Crippen molar-refractivity contribution >= 4 is 39.1 Å². The largest absolute Gasteiger partial charge is 0.398 e. The fourth-order valence-corrected chi connectivity index (χ4v) is 5.10. The molecule has 0 aromatic heterocycles. The van der Waals surface area contributed by atoms with E-state index < -0.39 is 10.0 Å². The Morgan fingerprint density at radius 2 is 2.16 bits per heavy atom. The molecule has 19 heavy (non-hydrogen) atoms. The highest BCUT2D eigenvalue weighted by atomic mass is 35.5. The fourth-order valence-electron chi connectivity index (χ4n) is 1.99. The Kier molecular flexibility index (Phi) is 4.35. The maximum absolute atomic E-state index is 12.5. The number of rotatable bonds is 3. The minimum Gasteiger partial charge on any atom is -0.398 e. The van der Waals surface area contributed by atoms with E-state index in [0.29, 0.717) is 16.3 Å². The van der Waals surface area contributed by atoms with Gasteiger partial charge in [0.1, 0.15) is 0 Å². The number of nitrogen functional groups attached to an aromatic ring is 1. The van der Waals surface area contributed by atoms with Crippen LogP contribution in [0.5, 0.6) is 0 Å². The van der Waals surface area contributed by atoms with Crippen molar-refractivity contribution in [3.8, 4) is 0 Å². The summed E-state index contributed by atoms with van der Waals surface area (Å²) in [5.41, 5.74) is 6.91. The van der Waals surface area contributed by atoms with E-state index >= 15 is 0 Å². The first-order chi connectivity index (χ1) is 8.84. The van der Waals surface area contributed by atoms with Crippen molar-refractivity contribution in [3.05, 3.63) is 22.7 Å². The van der Waals surface area contributed by atoms with Crippen LogP contribution in [0, 0.1) is 6.92 Å². The van der Waals surface area contributed by atoms with Gasteiger partial charge in [0.05, 0.1) is 4.90 Å². The fraction of sp³-hybridized carbons (Fsp3) is 0.500. The summed E-state index contributed by atoms with van der Waals surface area (Å²) in [6.07, 6.45) is 0.884. The maximum atomic E-state index is 12.5. The molecular formula is C12H17ClN2O2S2. The van der Waals surface area contributed by atoms with Crippen LogP contribution < -0.4 is 5.73 Å². The van der Waals surface area contributed by atoms with E-state index in [4.69, 9.17) is 17.3 Å². The van der Waals surface area contributed by atoms with Crippen LogP contribution >= 0.6 is 23.4 Å². The predicted molar refractivity (Wildman–Crippen MR) is 81.3 cm³/mol. The normalized spacial score (nSPS) is 20.1. The summed E-state index contributed by atoms with van der Waals surface area (Å²) >= 11 is 7.80. The summed E-state index contributed by atoms with van der Waals surface area (Å²) in [5, 5.41) is 0.382. The SMILES string of the molecule is Cc1c(N)cc(S(=O)(=O)N(C)C2CCSC2)cc1Cl. The van der Waals surface area contributed by atoms with Gasteiger partial charge in [-0.15, -0.1) is 0 Å². The zero-order chi connectivity index (χ0) is 14.2. The van der Waals surface area contributed by atoms with Gasteiger partial charge < -0.3 is 5.73 Å². The van der Waals surface area contributed by atoms with Crippen LogP contribution in [0.4, 0.5) is 5.69 Å². The monoisotopic (exact) mass is 320 g/mol. The van der Waals surface area contributed by atoms with Gasteiger partial charge >= 0.3 is 0 Å². The quantitative estimate of drug-likeness (QED) is 0.868. The Labute approximate surface area is 123 Å². The molecule has 2 rings (SSSR count). The average Bonchev–Trinajstić information content (AvgIpc) is 2.87. The van der Waals surface area contributed by atoms with Gasteiger partial charge in [-0.2, -0.15) is 16.1 Å². The summed E-state index contributed by atoms with van der Waals surface area (Å²) in [7, 11) is -1.91. The van der Waals surface area contributed by atoms with Crippen LogP contribution in [0.1, 0.15) is 12.0 Å². The lowest BCUT2D eigenvalue weighted by Gasteiger charge is -2.23. The molecule has 4 nitrogen and oxygen atoms in total. The number of hydrogen-bond acceptors (Lipinski definition) is 4. The molecule has 1 heterocycles. The second-order valence-corrected chi connectivity index (χ2v) is 8.21. The van der Waals surface area contributed by atoms with Gasteiger partial charge in [0, 0.05) is 29.6 Å². The number of sulfonamides is 1. The zero-order valence-corrected chi connectivity index (χ0v) is 13.3. The maximum Gasteiger partial charge on any atom is 0.243 e. The second kappa shape index (κ2) is 5.52. The molecule has 1 fully saturated rings. The summed E-state index contributed by atoms with van der Waals surface area (Å²) < 4.78 is 26.5. The first kappa shape index (κ1) is 15.0. The van der Waals surface area contributed by atoms with Crippen molar-refractivity contribution in [2.75, 3.05) is 24.3 Å². The lowest BCUT2D eigenvalue weighted by atomic mass is 10.2. The van der Waals surface area contributed by atoms with E-state index in [-0.39, 0.29) is 10.9 Å². The molecule has 1 aromatic carbocycles. The minimum atomic E-state index is -3.53. The van der Waals surface area contributed by atoms with Crippen molar-refractivity contribution in [1.29, 1.82) is 0 Å². The minimum absolute atomic E-state index is 0.0521. The zero-order valence-electron chi connectivity index (χ0n) is 10.9. The van der Waals surface area contributed by atoms with Crippen LogP contribution in [0.25, 0.3) is 0 Å². The summed E-state index contributed by atoms with van der Waals surface area (Å²) in [4.78, 5) is 0.167. The molecule has 1 atom stereocenters. The molecule has 2 N–H and O–H groups in total. The summed E-state index contributed by atoms with van der Waals surface area (Å²) in [5.74, 6) is 1.84. The third kappa shape index (κ3) is 2.86. The highest BCUT2D eigenvalue weighted by Crippen LogP contribution is 2.30. The van der Waals surface area contributed by atoms with E-state index in [2.05, 4.69) is 0 Å². The number of hydrogen-bond donors (Lipinski definition) is 1. The van der Waals surface area contributed by atoms with Crippen molar-refractivity contribution in [1.82, 2.24) is 4.31 Å². The molecule has 0 amide bonds. The number of nitrogens with zero attached hydrogens (tertiary/aromatic N) is 1. The standard InChI is InChI=1S/C12H17ClN2O2S2/c1-8-11(13)5-10(6-12(8)14)19(16,17)15(2)9-3-4-18-7-9/h5-6,9H,3-4,7,14H2,1-2H3. The van der Waals surface area contributed by atoms with Crippen LogP contribution in [0.2, 0.25) is 5.02 Å². The number of benzene rings is 1. The van der Waals surface area contributed by atoms with Gasteiger partial charge in [0.2, 0.25) is 10.0 Å². The first-order valence-electron chi connectivity index (χ1n) is 5.95. The first-order valence-corrected chi connectivity index (χ1v) is 8.92. The molecule has 1 aliphatic rings. The molecule has 7 heteroatoms. The molecule has 0 aliphatic carbocycles. The molecule has 0 bridgehead atoms. The molecule has 1 unspecified atom stereocenters. The lowest BCUT2D eigenvalue weighted by molar-refractivity contribution is 0.394. The molecular weight excluding hydrogens is 304 g/mol. The van der Waals surface area contributed by atoms with E-state index in [9.17, 15) is 8.42 Å². The highest BCUT2D eigenvalue weighted by molar-refractivity contribution is 7.99. The Morgan fingerprint density at radius 1 is 1.47 bits per heavy atom. The van der Waals surface area contributed by atoms with Crippen molar-refractivity contribution in [2.24, 2.45) is 0 Å². The van der Waals surface area contributed by atoms with Gasteiger partial charge in [0.15, 0.2) is 0 Å². The number of anilines is 1. The lowest BCUT2D eigenvalue weighted by Crippen LogP contribution is -2.37. The van der Waals surface area contributed by atoms with Crippen LogP contribution in [0.3, 0.4) is 0 Å². The van der Waals surface area contributed by atoms with Gasteiger partial charge in [-0.25, -0.2) is 8.42 Å². The Morgan fingerprint density at radius 3 is 2.68 bits per heavy atom. The predicted octanol–water partition coefficient (Wildman–Crippen LogP) is 2.36. The third-order valence-electron chi connectivity index (χ3n) is 3.45. The van der Waals surface area contributed by atoms with Crippen molar-refractivity contribution in [2.45, 2.75) is 24.3 Å². The number of thioether (sulfide) groups is 1. The van der Waals surface area contributed by atoms with Crippen LogP contribution in [-0.4, -0.2) is 37.3 Å². The molecule has 0 radical (unpaired) electrons. The average molecular weight is 321 g/mol. The molecule has 1 saturated heterocycles. The Bertz CT molecular complexity index is 560. The van der Waals surface area contributed by atoms with E-state index in [1.807, 2.05) is 0 Å². The molecule has 0 spiro atoms. The molecule has 106 valence electrons. The van der Waals surface area contributed by atoms with E-state index in [1.54, 1.807) is 25.7 Å². The van der Waals surface area contributed by atoms with Crippen molar-refractivity contribution in [3.63, 3.8) is 0 Å². The molecule has 0 saturated carbocycles. The number of nitrogens with two attached hydrogens (primary N) is 1. The summed E-state index contributed by atoms with van der Waals surface area (Å²) in [6.45, 7) is 1.77. The van der Waals surface area contributed by atoms with Crippen LogP contribution in [0.15, 0.2) is 17.0 Å². The number of halogens is 1. The van der Waals surface area contributed by atoms with Gasteiger partial charge in [0.25, 0.3) is 0 Å². The van der Waals surface area contributed by atoms with Gasteiger partial charge in [-0.3, -0.25) is 0 Å². The van der Waals surface area contributed by atoms with Crippen LogP contribution in [-0.2, 0) is 10.0 Å². The van der Waals surface area contributed by atoms with E-state index in [0.717, 1.165) is 17.9 Å². The second-order valence-electron chi connectivity index (χ2n) is 4.66. The van der Waals surface area contributed by atoms with Gasteiger partial charge in [-0.05, 0) is 36.8 Å². The Hall–Kier alpha value is -0.430. The van der Waals surface area contributed by atoms with Gasteiger partial charge in [-0.1, -0.05) is 11.6 Å². The Balaban J connectivity index is 2.39. The molecule has 1 aliphatic heterocycles. The third-order valence-corrected chi connectivity index (χ3v) is 6.88. The molecule has 1 aromatic rings. The van der Waals surface area contributed by atoms with E-state index in [1.165, 1.54) is 16.4 Å². The smallest absolute Gasteiger partial charge is 0.243 e. The van der Waals surface area contributed by atoms with Crippen molar-refractivity contribution < 1.29 is 8.42 Å².